The maximum absolute atomic E-state index is 12.3. The molecule has 0 bridgehead atoms. The summed E-state index contributed by atoms with van der Waals surface area (Å²) in [6.45, 7) is 1.92. The third-order valence-corrected chi connectivity index (χ3v) is 6.52. The molecular formula is C20H26N4OS2. The standard InChI is InChI=1S/C20H26N4OS2/c1-15-13-26-19(21-15)23-18(25)14-27-20(22-16-9-5-3-6-10-16)24(2)17-11-7-4-8-12-17/h3,5-6,9-10,13,17H,4,7-8,11-12,14H2,1-2H3,(H,21,23,25). The Labute approximate surface area is 169 Å². The molecular weight excluding hydrogens is 376 g/mol. The van der Waals surface area contributed by atoms with Gasteiger partial charge >= 0.3 is 0 Å². The van der Waals surface area contributed by atoms with E-state index in [1.807, 2.05) is 42.6 Å². The van der Waals surface area contributed by atoms with Gasteiger partial charge in [-0.15, -0.1) is 11.3 Å². The molecule has 1 heterocycles. The van der Waals surface area contributed by atoms with Crippen molar-refractivity contribution >= 4 is 45.0 Å². The van der Waals surface area contributed by atoms with Crippen LogP contribution in [0.5, 0.6) is 0 Å². The number of para-hydroxylation sites is 1. The molecule has 0 aliphatic heterocycles. The zero-order valence-electron chi connectivity index (χ0n) is 15.9. The SMILES string of the molecule is Cc1csc(NC(=O)CSC(=Nc2ccccc2)N(C)C2CCCCC2)n1. The lowest BCUT2D eigenvalue weighted by atomic mass is 9.95. The predicted octanol–water partition coefficient (Wildman–Crippen LogP) is 5.08. The van der Waals surface area contributed by atoms with Gasteiger partial charge in [-0.3, -0.25) is 4.79 Å². The number of anilines is 1. The highest BCUT2D eigenvalue weighted by atomic mass is 32.2. The van der Waals surface area contributed by atoms with Crippen LogP contribution in [0.25, 0.3) is 0 Å². The number of nitrogens with zero attached hydrogens (tertiary/aromatic N) is 3. The van der Waals surface area contributed by atoms with E-state index < -0.39 is 0 Å². The maximum Gasteiger partial charge on any atom is 0.236 e. The molecule has 7 heteroatoms. The summed E-state index contributed by atoms with van der Waals surface area (Å²) in [6, 6.07) is 10.4. The lowest BCUT2D eigenvalue weighted by Gasteiger charge is -2.33. The molecule has 2 aromatic rings. The highest BCUT2D eigenvalue weighted by Crippen LogP contribution is 2.26. The summed E-state index contributed by atoms with van der Waals surface area (Å²) in [5.74, 6) is 0.272. The van der Waals surface area contributed by atoms with E-state index in [1.165, 1.54) is 55.2 Å². The molecule has 0 spiro atoms. The Morgan fingerprint density at radius 1 is 1.30 bits per heavy atom. The third kappa shape index (κ3) is 6.07. The van der Waals surface area contributed by atoms with Gasteiger partial charge in [-0.2, -0.15) is 0 Å². The van der Waals surface area contributed by atoms with Crippen molar-refractivity contribution in [3.05, 3.63) is 41.4 Å². The minimum Gasteiger partial charge on any atom is -0.351 e. The molecule has 27 heavy (non-hydrogen) atoms. The Morgan fingerprint density at radius 3 is 2.70 bits per heavy atom. The molecule has 144 valence electrons. The molecule has 0 radical (unpaired) electrons. The molecule has 1 aliphatic carbocycles. The molecule has 0 unspecified atom stereocenters. The van der Waals surface area contributed by atoms with Crippen molar-refractivity contribution in [2.45, 2.75) is 45.1 Å². The highest BCUT2D eigenvalue weighted by molar-refractivity contribution is 8.14. The normalized spacial score (nSPS) is 15.6. The van der Waals surface area contributed by atoms with Crippen LogP contribution in [-0.2, 0) is 4.79 Å². The van der Waals surface area contributed by atoms with E-state index in [-0.39, 0.29) is 5.91 Å². The van der Waals surface area contributed by atoms with Gasteiger partial charge in [-0.05, 0) is 31.9 Å². The third-order valence-electron chi connectivity index (χ3n) is 4.60. The molecule has 1 amide bonds. The summed E-state index contributed by atoms with van der Waals surface area (Å²) in [7, 11) is 2.10. The van der Waals surface area contributed by atoms with Gasteiger partial charge in [0.1, 0.15) is 0 Å². The van der Waals surface area contributed by atoms with Gasteiger partial charge < -0.3 is 10.2 Å². The number of thiazole rings is 1. The van der Waals surface area contributed by atoms with E-state index in [9.17, 15) is 4.79 Å². The predicted molar refractivity (Wildman–Crippen MR) is 116 cm³/mol. The van der Waals surface area contributed by atoms with Crippen LogP contribution < -0.4 is 5.32 Å². The fourth-order valence-electron chi connectivity index (χ4n) is 3.15. The second-order valence-corrected chi connectivity index (χ2v) is 8.56. The summed E-state index contributed by atoms with van der Waals surface area (Å²) >= 11 is 2.94. The molecule has 1 aliphatic rings. The van der Waals surface area contributed by atoms with Crippen LogP contribution in [-0.4, -0.2) is 39.8 Å². The number of amidine groups is 1. The van der Waals surface area contributed by atoms with E-state index in [4.69, 9.17) is 4.99 Å². The number of thioether (sulfide) groups is 1. The van der Waals surface area contributed by atoms with E-state index in [1.54, 1.807) is 0 Å². The van der Waals surface area contributed by atoms with Gasteiger partial charge in [0.15, 0.2) is 10.3 Å². The molecule has 0 saturated heterocycles. The van der Waals surface area contributed by atoms with Crippen LogP contribution >= 0.6 is 23.1 Å². The molecule has 1 fully saturated rings. The molecule has 1 saturated carbocycles. The van der Waals surface area contributed by atoms with Crippen molar-refractivity contribution < 1.29 is 4.79 Å². The number of nitrogens with one attached hydrogen (secondary N) is 1. The number of aromatic nitrogens is 1. The first-order valence-electron chi connectivity index (χ1n) is 9.33. The zero-order chi connectivity index (χ0) is 19.1. The van der Waals surface area contributed by atoms with Crippen LogP contribution in [0.1, 0.15) is 37.8 Å². The number of hydrogen-bond donors (Lipinski definition) is 1. The average Bonchev–Trinajstić information content (AvgIpc) is 3.10. The van der Waals surface area contributed by atoms with E-state index in [0.29, 0.717) is 16.9 Å². The number of aryl methyl sites for hydroxylation is 1. The van der Waals surface area contributed by atoms with Gasteiger partial charge in [0.25, 0.3) is 0 Å². The van der Waals surface area contributed by atoms with Crippen LogP contribution in [0.3, 0.4) is 0 Å². The number of amides is 1. The zero-order valence-corrected chi connectivity index (χ0v) is 17.5. The molecule has 1 aromatic heterocycles. The van der Waals surface area contributed by atoms with Gasteiger partial charge in [0.05, 0.1) is 17.1 Å². The van der Waals surface area contributed by atoms with Crippen molar-refractivity contribution in [1.82, 2.24) is 9.88 Å². The van der Waals surface area contributed by atoms with E-state index >= 15 is 0 Å². The summed E-state index contributed by atoms with van der Waals surface area (Å²) in [4.78, 5) is 23.7. The minimum absolute atomic E-state index is 0.0489. The Kier molecular flexibility index (Phi) is 7.29. The first kappa shape index (κ1) is 19.9. The smallest absolute Gasteiger partial charge is 0.236 e. The number of hydrogen-bond acceptors (Lipinski definition) is 5. The fraction of sp³-hybridized carbons (Fsp3) is 0.450. The second kappa shape index (κ2) is 9.90. The van der Waals surface area contributed by atoms with Crippen LogP contribution in [0.2, 0.25) is 0 Å². The highest BCUT2D eigenvalue weighted by Gasteiger charge is 2.22. The number of carbonyl (C=O) groups excluding carboxylic acids is 1. The molecule has 1 aromatic carbocycles. The Bertz CT molecular complexity index is 769. The van der Waals surface area contributed by atoms with Gasteiger partial charge in [0, 0.05) is 18.5 Å². The number of rotatable bonds is 5. The Balaban J connectivity index is 1.67. The van der Waals surface area contributed by atoms with Crippen molar-refractivity contribution in [2.75, 3.05) is 18.1 Å². The Morgan fingerprint density at radius 2 is 2.04 bits per heavy atom. The van der Waals surface area contributed by atoms with Crippen molar-refractivity contribution in [3.63, 3.8) is 0 Å². The fourth-order valence-corrected chi connectivity index (χ4v) is 4.71. The summed E-state index contributed by atoms with van der Waals surface area (Å²) < 4.78 is 0. The lowest BCUT2D eigenvalue weighted by Crippen LogP contribution is -2.37. The molecule has 5 nitrogen and oxygen atoms in total. The lowest BCUT2D eigenvalue weighted by molar-refractivity contribution is -0.113. The average molecular weight is 403 g/mol. The summed E-state index contributed by atoms with van der Waals surface area (Å²) in [6.07, 6.45) is 6.23. The number of aliphatic imine (C=N–C) groups is 1. The summed E-state index contributed by atoms with van der Waals surface area (Å²) in [5, 5.41) is 6.36. The van der Waals surface area contributed by atoms with Crippen LogP contribution in [0.4, 0.5) is 10.8 Å². The topological polar surface area (TPSA) is 57.6 Å². The molecule has 0 atom stereocenters. The summed E-state index contributed by atoms with van der Waals surface area (Å²) in [5.41, 5.74) is 1.84. The van der Waals surface area contributed by atoms with Crippen LogP contribution in [0, 0.1) is 6.92 Å². The molecule has 3 rings (SSSR count). The van der Waals surface area contributed by atoms with Crippen LogP contribution in [0.15, 0.2) is 40.7 Å². The molecule has 1 N–H and O–H groups in total. The first-order valence-corrected chi connectivity index (χ1v) is 11.2. The van der Waals surface area contributed by atoms with Crippen molar-refractivity contribution in [1.29, 1.82) is 0 Å². The number of benzene rings is 1. The van der Waals surface area contributed by atoms with Gasteiger partial charge in [-0.25, -0.2) is 9.98 Å². The second-order valence-electron chi connectivity index (χ2n) is 6.76. The number of carbonyl (C=O) groups is 1. The quantitative estimate of drug-likeness (QED) is 0.560. The van der Waals surface area contributed by atoms with Gasteiger partial charge in [-0.1, -0.05) is 49.2 Å². The van der Waals surface area contributed by atoms with Crippen molar-refractivity contribution in [2.24, 2.45) is 4.99 Å². The Hall–Kier alpha value is -1.86. The van der Waals surface area contributed by atoms with Gasteiger partial charge in [0.2, 0.25) is 5.91 Å². The van der Waals surface area contributed by atoms with Crippen molar-refractivity contribution in [3.8, 4) is 0 Å². The first-order chi connectivity index (χ1) is 13.1. The van der Waals surface area contributed by atoms with E-state index in [2.05, 4.69) is 22.2 Å². The monoisotopic (exact) mass is 402 g/mol. The largest absolute Gasteiger partial charge is 0.351 e. The minimum atomic E-state index is -0.0489. The maximum atomic E-state index is 12.3. The van der Waals surface area contributed by atoms with E-state index in [0.717, 1.165) is 16.5 Å².